The average molecular weight is 384 g/mol. The zero-order valence-corrected chi connectivity index (χ0v) is 17.2. The summed E-state index contributed by atoms with van der Waals surface area (Å²) in [6.45, 7) is 3.00. The molecule has 2 aromatic carbocycles. The summed E-state index contributed by atoms with van der Waals surface area (Å²) in [6, 6.07) is 13.2. The van der Waals surface area contributed by atoms with Crippen molar-refractivity contribution in [3.63, 3.8) is 0 Å². The van der Waals surface area contributed by atoms with Crippen LogP contribution in [-0.4, -0.2) is 44.5 Å². The van der Waals surface area contributed by atoms with E-state index in [1.807, 2.05) is 11.8 Å². The van der Waals surface area contributed by atoms with E-state index in [2.05, 4.69) is 48.3 Å². The zero-order valence-electron chi connectivity index (χ0n) is 16.4. The molecular formula is C23H29NO2S. The largest absolute Gasteiger partial charge is 0.496 e. The molecule has 0 aromatic heterocycles. The van der Waals surface area contributed by atoms with Crippen molar-refractivity contribution in [2.45, 2.75) is 36.5 Å². The average Bonchev–Trinajstić information content (AvgIpc) is 2.72. The van der Waals surface area contributed by atoms with E-state index in [9.17, 15) is 0 Å². The lowest BCUT2D eigenvalue weighted by Gasteiger charge is -2.30. The first-order chi connectivity index (χ1) is 13.2. The van der Waals surface area contributed by atoms with Crippen LogP contribution in [0.3, 0.4) is 0 Å². The van der Waals surface area contributed by atoms with E-state index in [0.717, 1.165) is 49.8 Å². The van der Waals surface area contributed by atoms with Crippen LogP contribution >= 0.6 is 11.8 Å². The Kier molecular flexibility index (Phi) is 5.94. The number of rotatable bonds is 6. The molecular weight excluding hydrogens is 354 g/mol. The predicted octanol–water partition coefficient (Wildman–Crippen LogP) is 4.77. The van der Waals surface area contributed by atoms with Gasteiger partial charge in [0.2, 0.25) is 0 Å². The molecule has 0 fully saturated rings. The molecule has 1 aliphatic heterocycles. The minimum absolute atomic E-state index is 0.608. The molecule has 0 amide bonds. The minimum Gasteiger partial charge on any atom is -0.496 e. The Hall–Kier alpha value is -1.65. The Morgan fingerprint density at radius 2 is 2.19 bits per heavy atom. The molecule has 1 aliphatic carbocycles. The van der Waals surface area contributed by atoms with Crippen LogP contribution < -0.4 is 9.47 Å². The van der Waals surface area contributed by atoms with Gasteiger partial charge in [0.25, 0.3) is 0 Å². The van der Waals surface area contributed by atoms with Crippen molar-refractivity contribution in [3.05, 3.63) is 53.1 Å². The highest BCUT2D eigenvalue weighted by Gasteiger charge is 2.23. The number of hydrogen-bond acceptors (Lipinski definition) is 4. The first kappa shape index (κ1) is 18.7. The number of benzene rings is 2. The molecule has 3 nitrogen and oxygen atoms in total. The summed E-state index contributed by atoms with van der Waals surface area (Å²) in [7, 11) is 4.03. The van der Waals surface area contributed by atoms with Crippen LogP contribution in [0.25, 0.3) is 0 Å². The van der Waals surface area contributed by atoms with E-state index in [0.29, 0.717) is 5.92 Å². The van der Waals surface area contributed by atoms with E-state index in [-0.39, 0.29) is 0 Å². The number of fused-ring (bicyclic) bond motifs is 2. The maximum atomic E-state index is 5.81. The molecule has 1 heterocycles. The lowest BCUT2D eigenvalue weighted by atomic mass is 9.82. The molecule has 1 unspecified atom stereocenters. The highest BCUT2D eigenvalue weighted by atomic mass is 32.2. The number of hydrogen-bond donors (Lipinski definition) is 0. The molecule has 4 heteroatoms. The second kappa shape index (κ2) is 8.57. The van der Waals surface area contributed by atoms with Crippen LogP contribution in [-0.2, 0) is 12.8 Å². The normalized spacial score (nSPS) is 18.6. The quantitative estimate of drug-likeness (QED) is 0.716. The van der Waals surface area contributed by atoms with E-state index >= 15 is 0 Å². The van der Waals surface area contributed by atoms with Crippen molar-refractivity contribution in [1.29, 1.82) is 0 Å². The van der Waals surface area contributed by atoms with Gasteiger partial charge in [-0.3, -0.25) is 0 Å². The van der Waals surface area contributed by atoms with Crippen LogP contribution in [0.1, 0.15) is 35.4 Å². The summed E-state index contributed by atoms with van der Waals surface area (Å²) in [5.74, 6) is 3.80. The van der Waals surface area contributed by atoms with Crippen LogP contribution in [0.5, 0.6) is 11.5 Å². The number of thioether (sulfide) groups is 1. The Bertz CT molecular complexity index is 792. The summed E-state index contributed by atoms with van der Waals surface area (Å²) >= 11 is 1.90. The molecule has 2 aromatic rings. The van der Waals surface area contributed by atoms with Crippen molar-refractivity contribution in [1.82, 2.24) is 4.90 Å². The first-order valence-electron chi connectivity index (χ1n) is 9.97. The van der Waals surface area contributed by atoms with Gasteiger partial charge in [-0.05, 0) is 73.5 Å². The Balaban J connectivity index is 1.37. The van der Waals surface area contributed by atoms with Crippen molar-refractivity contribution in [3.8, 4) is 11.5 Å². The van der Waals surface area contributed by atoms with Crippen LogP contribution in [0.15, 0.2) is 41.3 Å². The van der Waals surface area contributed by atoms with E-state index in [1.165, 1.54) is 34.4 Å². The van der Waals surface area contributed by atoms with E-state index in [4.69, 9.17) is 9.47 Å². The molecule has 0 radical (unpaired) electrons. The molecule has 27 heavy (non-hydrogen) atoms. The van der Waals surface area contributed by atoms with Crippen molar-refractivity contribution < 1.29 is 9.47 Å². The molecule has 0 saturated heterocycles. The second-order valence-corrected chi connectivity index (χ2v) is 8.74. The van der Waals surface area contributed by atoms with Gasteiger partial charge in [0.1, 0.15) is 11.5 Å². The number of likely N-dealkylation sites (N-methyl/N-ethyl adjacent to an activating group) is 1. The maximum absolute atomic E-state index is 5.81. The van der Waals surface area contributed by atoms with E-state index < -0.39 is 0 Å². The second-order valence-electron chi connectivity index (χ2n) is 7.61. The van der Waals surface area contributed by atoms with Crippen molar-refractivity contribution in [2.24, 2.45) is 0 Å². The van der Waals surface area contributed by atoms with Crippen molar-refractivity contribution >= 4 is 11.8 Å². The van der Waals surface area contributed by atoms with Gasteiger partial charge in [-0.2, -0.15) is 0 Å². The van der Waals surface area contributed by atoms with E-state index in [1.54, 1.807) is 7.11 Å². The molecule has 0 N–H and O–H groups in total. The third kappa shape index (κ3) is 4.27. The molecule has 0 bridgehead atoms. The lowest BCUT2D eigenvalue weighted by Crippen LogP contribution is -2.28. The smallest absolute Gasteiger partial charge is 0.133 e. The standard InChI is InChI=1S/C23H29NO2S/c1-24(12-11-17-9-10-23-22(15-17)26-13-14-27-23)16-18-5-3-7-20-19(18)6-4-8-21(20)25-2/h4,6,8-10,15,18H,3,5,7,11-14,16H2,1-2H3. The fraction of sp³-hybridized carbons (Fsp3) is 0.478. The van der Waals surface area contributed by atoms with Crippen LogP contribution in [0, 0.1) is 0 Å². The summed E-state index contributed by atoms with van der Waals surface area (Å²) in [6.07, 6.45) is 4.74. The zero-order chi connectivity index (χ0) is 18.6. The van der Waals surface area contributed by atoms with Gasteiger partial charge in [0.05, 0.1) is 13.7 Å². The van der Waals surface area contributed by atoms with Gasteiger partial charge in [-0.1, -0.05) is 18.2 Å². The molecule has 1 atom stereocenters. The van der Waals surface area contributed by atoms with Gasteiger partial charge in [-0.15, -0.1) is 11.8 Å². The van der Waals surface area contributed by atoms with Gasteiger partial charge in [0, 0.05) is 23.7 Å². The third-order valence-electron chi connectivity index (χ3n) is 5.73. The Labute approximate surface area is 167 Å². The van der Waals surface area contributed by atoms with Gasteiger partial charge in [0.15, 0.2) is 0 Å². The van der Waals surface area contributed by atoms with Crippen LogP contribution in [0.2, 0.25) is 0 Å². The molecule has 4 rings (SSSR count). The third-order valence-corrected chi connectivity index (χ3v) is 6.75. The molecule has 144 valence electrons. The summed E-state index contributed by atoms with van der Waals surface area (Å²) in [5, 5.41) is 0. The number of nitrogens with zero attached hydrogens (tertiary/aromatic N) is 1. The maximum Gasteiger partial charge on any atom is 0.133 e. The lowest BCUT2D eigenvalue weighted by molar-refractivity contribution is 0.298. The first-order valence-corrected chi connectivity index (χ1v) is 11.0. The van der Waals surface area contributed by atoms with Crippen molar-refractivity contribution in [2.75, 3.05) is 39.6 Å². The summed E-state index contributed by atoms with van der Waals surface area (Å²) < 4.78 is 11.4. The minimum atomic E-state index is 0.608. The molecule has 0 saturated carbocycles. The van der Waals surface area contributed by atoms with Gasteiger partial charge >= 0.3 is 0 Å². The Morgan fingerprint density at radius 1 is 1.26 bits per heavy atom. The predicted molar refractivity (Wildman–Crippen MR) is 113 cm³/mol. The SMILES string of the molecule is COc1cccc2c1CCCC2CN(C)CCc1ccc2c(c1)OCCS2. The summed E-state index contributed by atoms with van der Waals surface area (Å²) in [5.41, 5.74) is 4.29. The highest BCUT2D eigenvalue weighted by Crippen LogP contribution is 2.37. The van der Waals surface area contributed by atoms with Crippen LogP contribution in [0.4, 0.5) is 0 Å². The molecule has 2 aliphatic rings. The monoisotopic (exact) mass is 383 g/mol. The number of methoxy groups -OCH3 is 1. The summed E-state index contributed by atoms with van der Waals surface area (Å²) in [4.78, 5) is 3.76. The van der Waals surface area contributed by atoms with Gasteiger partial charge in [-0.25, -0.2) is 0 Å². The topological polar surface area (TPSA) is 21.7 Å². The molecule has 0 spiro atoms. The fourth-order valence-corrected chi connectivity index (χ4v) is 5.14. The highest BCUT2D eigenvalue weighted by molar-refractivity contribution is 7.99. The number of ether oxygens (including phenoxy) is 2. The Morgan fingerprint density at radius 3 is 3.07 bits per heavy atom. The van der Waals surface area contributed by atoms with Gasteiger partial charge < -0.3 is 14.4 Å². The fourth-order valence-electron chi connectivity index (χ4n) is 4.32.